The van der Waals surface area contributed by atoms with E-state index < -0.39 is 29.8 Å². The molecule has 0 saturated heterocycles. The lowest BCUT2D eigenvalue weighted by atomic mass is 9.97. The van der Waals surface area contributed by atoms with Crippen LogP contribution in [-0.4, -0.2) is 28.9 Å². The summed E-state index contributed by atoms with van der Waals surface area (Å²) < 4.78 is 76.0. The number of carbonyl (C=O) groups excluding carboxylic acids is 1. The molecule has 0 aliphatic heterocycles. The molecule has 0 aromatic heterocycles. The molecule has 0 radical (unpaired) electrons. The van der Waals surface area contributed by atoms with Crippen LogP contribution in [0.3, 0.4) is 0 Å². The molecule has 0 spiro atoms. The van der Waals surface area contributed by atoms with Crippen molar-refractivity contribution >= 4 is 28.6 Å². The Balaban J connectivity index is 4.99. The SMILES string of the molecule is CC(C)(CI)C(=O)OC(C(F)(F)F)C(F)(F)F. The van der Waals surface area contributed by atoms with E-state index in [2.05, 4.69) is 4.74 Å². The Bertz CT molecular complexity index is 269. The van der Waals surface area contributed by atoms with Crippen molar-refractivity contribution in [1.82, 2.24) is 0 Å². The molecule has 0 aromatic carbocycles. The Hall–Kier alpha value is -0.220. The molecule has 0 unspecified atom stereocenters. The monoisotopic (exact) mass is 378 g/mol. The van der Waals surface area contributed by atoms with E-state index in [4.69, 9.17) is 0 Å². The highest BCUT2D eigenvalue weighted by molar-refractivity contribution is 14.1. The molecule has 17 heavy (non-hydrogen) atoms. The van der Waals surface area contributed by atoms with Gasteiger partial charge in [0.1, 0.15) is 0 Å². The Morgan fingerprint density at radius 1 is 1.12 bits per heavy atom. The summed E-state index contributed by atoms with van der Waals surface area (Å²) in [6, 6.07) is 0. The minimum Gasteiger partial charge on any atom is -0.442 e. The van der Waals surface area contributed by atoms with Crippen LogP contribution in [0.2, 0.25) is 0 Å². The van der Waals surface area contributed by atoms with Gasteiger partial charge in [0.05, 0.1) is 5.41 Å². The molecule has 0 N–H and O–H groups in total. The van der Waals surface area contributed by atoms with E-state index in [0.717, 1.165) is 0 Å². The second-order valence-corrected chi connectivity index (χ2v) is 4.65. The van der Waals surface area contributed by atoms with Crippen LogP contribution in [0.1, 0.15) is 13.8 Å². The average Bonchev–Trinajstić information content (AvgIpc) is 2.09. The maximum atomic E-state index is 12.1. The number of carbonyl (C=O) groups is 1. The molecule has 0 saturated carbocycles. The largest absolute Gasteiger partial charge is 0.442 e. The summed E-state index contributed by atoms with van der Waals surface area (Å²) >= 11 is 1.67. The van der Waals surface area contributed by atoms with E-state index in [1.54, 1.807) is 22.6 Å². The minimum atomic E-state index is -5.67. The van der Waals surface area contributed by atoms with Crippen molar-refractivity contribution in [3.05, 3.63) is 0 Å². The molecule has 0 fully saturated rings. The number of hydrogen-bond donors (Lipinski definition) is 0. The standard InChI is InChI=1S/C8H9F6IO2/c1-6(2,3-15)5(16)17-4(7(9,10)11)8(12,13)14/h4H,3H2,1-2H3. The lowest BCUT2D eigenvalue weighted by Gasteiger charge is -2.27. The van der Waals surface area contributed by atoms with Crippen molar-refractivity contribution < 1.29 is 35.9 Å². The van der Waals surface area contributed by atoms with Crippen molar-refractivity contribution in [3.8, 4) is 0 Å². The van der Waals surface area contributed by atoms with Gasteiger partial charge in [-0.05, 0) is 13.8 Å². The number of hydrogen-bond acceptors (Lipinski definition) is 2. The van der Waals surface area contributed by atoms with Crippen molar-refractivity contribution in [2.75, 3.05) is 4.43 Å². The van der Waals surface area contributed by atoms with Crippen molar-refractivity contribution in [2.24, 2.45) is 5.41 Å². The molecule has 2 nitrogen and oxygen atoms in total. The van der Waals surface area contributed by atoms with Gasteiger partial charge in [0.2, 0.25) is 0 Å². The van der Waals surface area contributed by atoms with Crippen LogP contribution in [0.4, 0.5) is 26.3 Å². The number of ether oxygens (including phenoxy) is 1. The highest BCUT2D eigenvalue weighted by Gasteiger charge is 2.60. The first kappa shape index (κ1) is 16.8. The summed E-state index contributed by atoms with van der Waals surface area (Å²) in [5.41, 5.74) is -1.41. The number of esters is 1. The first-order chi connectivity index (χ1) is 7.32. The zero-order valence-electron chi connectivity index (χ0n) is 8.75. The summed E-state index contributed by atoms with van der Waals surface area (Å²) in [4.78, 5) is 11.2. The predicted molar refractivity (Wildman–Crippen MR) is 54.7 cm³/mol. The van der Waals surface area contributed by atoms with Crippen LogP contribution >= 0.6 is 22.6 Å². The molecule has 9 heteroatoms. The summed E-state index contributed by atoms with van der Waals surface area (Å²) in [6.07, 6.45) is -15.4. The molecule has 0 atom stereocenters. The summed E-state index contributed by atoms with van der Waals surface area (Å²) in [5, 5.41) is 0. The van der Waals surface area contributed by atoms with E-state index in [9.17, 15) is 31.1 Å². The lowest BCUT2D eigenvalue weighted by Crippen LogP contribution is -2.47. The van der Waals surface area contributed by atoms with Gasteiger partial charge in [0.15, 0.2) is 0 Å². The van der Waals surface area contributed by atoms with Gasteiger partial charge in [-0.15, -0.1) is 0 Å². The third-order valence-electron chi connectivity index (χ3n) is 1.71. The first-order valence-corrected chi connectivity index (χ1v) is 5.75. The fourth-order valence-electron chi connectivity index (χ4n) is 0.640. The number of alkyl halides is 7. The Kier molecular flexibility index (Phi) is 5.12. The smallest absolute Gasteiger partial charge is 0.434 e. The maximum Gasteiger partial charge on any atom is 0.434 e. The zero-order chi connectivity index (χ0) is 14.1. The van der Waals surface area contributed by atoms with Crippen LogP contribution in [-0.2, 0) is 9.53 Å². The molecular weight excluding hydrogens is 369 g/mol. The maximum absolute atomic E-state index is 12.1. The molecule has 0 rings (SSSR count). The van der Waals surface area contributed by atoms with Gasteiger partial charge in [0.25, 0.3) is 6.10 Å². The quantitative estimate of drug-likeness (QED) is 0.325. The summed E-state index contributed by atoms with van der Waals surface area (Å²) in [6.45, 7) is 2.40. The molecule has 0 aliphatic rings. The lowest BCUT2D eigenvalue weighted by molar-refractivity contribution is -0.315. The second-order valence-electron chi connectivity index (χ2n) is 3.89. The number of rotatable bonds is 3. The highest BCUT2D eigenvalue weighted by atomic mass is 127. The van der Waals surface area contributed by atoms with Crippen LogP contribution in [0.15, 0.2) is 0 Å². The third-order valence-corrected chi connectivity index (χ3v) is 3.61. The van der Waals surface area contributed by atoms with Gasteiger partial charge in [0, 0.05) is 4.43 Å². The Morgan fingerprint density at radius 2 is 1.47 bits per heavy atom. The molecule has 102 valence electrons. The van der Waals surface area contributed by atoms with Crippen LogP contribution in [0, 0.1) is 5.41 Å². The highest BCUT2D eigenvalue weighted by Crippen LogP contribution is 2.37. The Morgan fingerprint density at radius 3 is 1.71 bits per heavy atom. The van der Waals surface area contributed by atoms with E-state index in [0.29, 0.717) is 0 Å². The minimum absolute atomic E-state index is 0.0338. The van der Waals surface area contributed by atoms with Crippen LogP contribution in [0.5, 0.6) is 0 Å². The van der Waals surface area contributed by atoms with Gasteiger partial charge in [-0.2, -0.15) is 26.3 Å². The van der Waals surface area contributed by atoms with Crippen molar-refractivity contribution in [3.63, 3.8) is 0 Å². The average molecular weight is 378 g/mol. The van der Waals surface area contributed by atoms with Crippen molar-refractivity contribution in [2.45, 2.75) is 32.3 Å². The molecule has 0 amide bonds. The molecule has 0 heterocycles. The van der Waals surface area contributed by atoms with E-state index in [-0.39, 0.29) is 4.43 Å². The fourth-order valence-corrected chi connectivity index (χ4v) is 0.952. The zero-order valence-corrected chi connectivity index (χ0v) is 10.9. The third kappa shape index (κ3) is 4.88. The molecular formula is C8H9F6IO2. The normalized spacial score (nSPS) is 14.0. The van der Waals surface area contributed by atoms with Crippen molar-refractivity contribution in [1.29, 1.82) is 0 Å². The number of halogens is 7. The van der Waals surface area contributed by atoms with Gasteiger partial charge < -0.3 is 4.74 Å². The summed E-state index contributed by atoms with van der Waals surface area (Å²) in [5.74, 6) is -1.54. The van der Waals surface area contributed by atoms with Crippen LogP contribution < -0.4 is 0 Å². The molecule has 0 bridgehead atoms. The Labute approximate surface area is 107 Å². The van der Waals surface area contributed by atoms with Gasteiger partial charge in [-0.3, -0.25) is 4.79 Å². The van der Waals surface area contributed by atoms with Crippen LogP contribution in [0.25, 0.3) is 0 Å². The van der Waals surface area contributed by atoms with Gasteiger partial charge in [-0.1, -0.05) is 22.6 Å². The van der Waals surface area contributed by atoms with Gasteiger partial charge >= 0.3 is 18.3 Å². The molecule has 0 aromatic rings. The first-order valence-electron chi connectivity index (χ1n) is 4.23. The molecule has 0 aliphatic carbocycles. The van der Waals surface area contributed by atoms with E-state index >= 15 is 0 Å². The summed E-state index contributed by atoms with van der Waals surface area (Å²) in [7, 11) is 0. The fraction of sp³-hybridized carbons (Fsp3) is 0.875. The topological polar surface area (TPSA) is 26.3 Å². The van der Waals surface area contributed by atoms with Gasteiger partial charge in [-0.25, -0.2) is 0 Å². The van der Waals surface area contributed by atoms with E-state index in [1.165, 1.54) is 13.8 Å². The van der Waals surface area contributed by atoms with E-state index in [1.807, 2.05) is 0 Å². The second kappa shape index (κ2) is 5.19. The predicted octanol–water partition coefficient (Wildman–Crippen LogP) is 3.48.